The summed E-state index contributed by atoms with van der Waals surface area (Å²) in [4.78, 5) is 49.4. The first kappa shape index (κ1) is 25.5. The average molecular weight is 497 g/mol. The van der Waals surface area contributed by atoms with Gasteiger partial charge in [0, 0.05) is 6.42 Å². The molecule has 1 saturated heterocycles. The molecule has 0 amide bonds. The van der Waals surface area contributed by atoms with Crippen molar-refractivity contribution >= 4 is 23.7 Å². The molecule has 190 valence electrons. The normalized spacial score (nSPS) is 21.7. The van der Waals surface area contributed by atoms with Gasteiger partial charge >= 0.3 is 17.9 Å². The lowest BCUT2D eigenvalue weighted by atomic mass is 9.94. The van der Waals surface area contributed by atoms with E-state index in [2.05, 4.69) is 0 Å². The topological polar surface area (TPSA) is 129 Å². The van der Waals surface area contributed by atoms with Crippen LogP contribution in [0.5, 0.6) is 5.75 Å². The molecule has 1 saturated carbocycles. The highest BCUT2D eigenvalue weighted by atomic mass is 16.6. The number of para-hydroxylation sites is 1. The van der Waals surface area contributed by atoms with Crippen molar-refractivity contribution in [3.63, 3.8) is 0 Å². The maximum Gasteiger partial charge on any atom is 0.343 e. The Labute approximate surface area is 208 Å². The summed E-state index contributed by atoms with van der Waals surface area (Å²) < 4.78 is 21.5. The molecule has 2 aromatic carbocycles. The van der Waals surface area contributed by atoms with Crippen molar-refractivity contribution in [1.29, 1.82) is 0 Å². The molecule has 4 rings (SSSR count). The van der Waals surface area contributed by atoms with Gasteiger partial charge in [-0.1, -0.05) is 30.3 Å². The van der Waals surface area contributed by atoms with Crippen molar-refractivity contribution in [2.24, 2.45) is 0 Å². The third-order valence-corrected chi connectivity index (χ3v) is 6.15. The van der Waals surface area contributed by atoms with Gasteiger partial charge in [0.15, 0.2) is 11.9 Å². The molecule has 2 unspecified atom stereocenters. The van der Waals surface area contributed by atoms with Gasteiger partial charge in [0.1, 0.15) is 29.6 Å². The first-order chi connectivity index (χ1) is 17.3. The van der Waals surface area contributed by atoms with E-state index < -0.39 is 30.1 Å². The Balaban J connectivity index is 1.29. The Hall–Kier alpha value is -3.56. The Kier molecular flexibility index (Phi) is 8.12. The molecule has 1 aliphatic carbocycles. The van der Waals surface area contributed by atoms with E-state index in [1.165, 1.54) is 19.1 Å². The van der Waals surface area contributed by atoms with Gasteiger partial charge in [-0.2, -0.15) is 0 Å². The third-order valence-electron chi connectivity index (χ3n) is 6.15. The van der Waals surface area contributed by atoms with Crippen molar-refractivity contribution in [3.8, 4) is 5.75 Å². The fourth-order valence-corrected chi connectivity index (χ4v) is 3.99. The van der Waals surface area contributed by atoms with Gasteiger partial charge in [0.25, 0.3) is 0 Å². The van der Waals surface area contributed by atoms with Crippen molar-refractivity contribution in [2.45, 2.75) is 63.4 Å². The quantitative estimate of drug-likeness (QED) is 0.316. The van der Waals surface area contributed by atoms with Gasteiger partial charge in [0.2, 0.25) is 0 Å². The Morgan fingerprint density at radius 3 is 2.00 bits per heavy atom. The van der Waals surface area contributed by atoms with Crippen molar-refractivity contribution in [1.82, 2.24) is 0 Å². The zero-order valence-corrected chi connectivity index (χ0v) is 19.9. The largest absolute Gasteiger partial charge is 0.459 e. The van der Waals surface area contributed by atoms with E-state index in [1.54, 1.807) is 36.4 Å². The Bertz CT molecular complexity index is 1050. The number of rotatable bonds is 9. The van der Waals surface area contributed by atoms with Crippen LogP contribution >= 0.6 is 0 Å². The molecule has 2 aromatic rings. The lowest BCUT2D eigenvalue weighted by Crippen LogP contribution is -2.30. The highest BCUT2D eigenvalue weighted by Gasteiger charge is 2.34. The number of esters is 3. The van der Waals surface area contributed by atoms with Crippen LogP contribution in [0.15, 0.2) is 48.5 Å². The number of aliphatic hydroxyl groups is 1. The molecule has 36 heavy (non-hydrogen) atoms. The smallest absolute Gasteiger partial charge is 0.343 e. The minimum atomic E-state index is -1.11. The predicted octanol–water partition coefficient (Wildman–Crippen LogP) is 2.81. The second-order valence-electron chi connectivity index (χ2n) is 8.92. The zero-order valence-electron chi connectivity index (χ0n) is 19.9. The number of hydrogen-bond donors (Lipinski definition) is 1. The number of epoxide rings is 1. The summed E-state index contributed by atoms with van der Waals surface area (Å²) in [6, 6.07) is 13.1. The van der Waals surface area contributed by atoms with Gasteiger partial charge in [-0.3, -0.25) is 4.79 Å². The van der Waals surface area contributed by atoms with Crippen LogP contribution in [-0.2, 0) is 30.2 Å². The van der Waals surface area contributed by atoms with Gasteiger partial charge in [-0.05, 0) is 56.4 Å². The molecule has 0 bridgehead atoms. The highest BCUT2D eigenvalue weighted by Crippen LogP contribution is 2.28. The van der Waals surface area contributed by atoms with Crippen LogP contribution in [0, 0.1) is 0 Å². The summed E-state index contributed by atoms with van der Waals surface area (Å²) in [6.45, 7) is 1.70. The van der Waals surface area contributed by atoms with Gasteiger partial charge in [0.05, 0.1) is 12.2 Å². The van der Waals surface area contributed by atoms with Crippen LogP contribution in [0.25, 0.3) is 0 Å². The fourth-order valence-electron chi connectivity index (χ4n) is 3.99. The van der Waals surface area contributed by atoms with Crippen LogP contribution in [0.2, 0.25) is 0 Å². The molecule has 1 N–H and O–H groups in total. The summed E-state index contributed by atoms with van der Waals surface area (Å²) in [5, 5.41) is 9.48. The summed E-state index contributed by atoms with van der Waals surface area (Å²) in [5.41, 5.74) is 0.954. The summed E-state index contributed by atoms with van der Waals surface area (Å²) in [7, 11) is 0. The van der Waals surface area contributed by atoms with E-state index >= 15 is 0 Å². The maximum absolute atomic E-state index is 12.8. The number of hydrogen-bond acceptors (Lipinski definition) is 9. The average Bonchev–Trinajstić information content (AvgIpc) is 3.71. The van der Waals surface area contributed by atoms with Gasteiger partial charge < -0.3 is 24.1 Å². The summed E-state index contributed by atoms with van der Waals surface area (Å²) in [6.07, 6.45) is -0.444. The van der Waals surface area contributed by atoms with E-state index in [0.717, 1.165) is 0 Å². The van der Waals surface area contributed by atoms with E-state index in [0.29, 0.717) is 43.4 Å². The molecule has 1 aliphatic heterocycles. The van der Waals surface area contributed by atoms with Crippen LogP contribution in [-0.4, -0.2) is 59.8 Å². The van der Waals surface area contributed by atoms with Crippen molar-refractivity contribution < 1.29 is 43.2 Å². The monoisotopic (exact) mass is 496 g/mol. The van der Waals surface area contributed by atoms with E-state index in [4.69, 9.17) is 18.9 Å². The molecule has 9 heteroatoms. The summed E-state index contributed by atoms with van der Waals surface area (Å²) in [5.74, 6) is -1.92. The second-order valence-corrected chi connectivity index (χ2v) is 8.92. The molecular formula is C27H28O9. The van der Waals surface area contributed by atoms with E-state index in [9.17, 15) is 24.3 Å². The maximum atomic E-state index is 12.8. The summed E-state index contributed by atoms with van der Waals surface area (Å²) >= 11 is 0. The SMILES string of the molecule is CC(O)C(=O)Cc1ccccc1C(=O)OC1CCC(OC(=O)c2ccccc2OC(=O)C2CO2)CC1. The minimum absolute atomic E-state index is 0.0594. The number of benzene rings is 2. The fraction of sp³-hybridized carbons (Fsp3) is 0.407. The Morgan fingerprint density at radius 2 is 1.42 bits per heavy atom. The number of Topliss-reactive ketones (excluding diaryl/α,β-unsaturated/α-hetero) is 1. The van der Waals surface area contributed by atoms with Gasteiger partial charge in [-0.15, -0.1) is 0 Å². The Morgan fingerprint density at radius 1 is 0.889 bits per heavy atom. The van der Waals surface area contributed by atoms with Crippen molar-refractivity contribution in [3.05, 3.63) is 65.2 Å². The molecule has 0 spiro atoms. The third kappa shape index (κ3) is 6.56. The molecule has 2 aliphatic rings. The van der Waals surface area contributed by atoms with Crippen LogP contribution in [0.4, 0.5) is 0 Å². The van der Waals surface area contributed by atoms with Crippen LogP contribution in [0.1, 0.15) is 58.9 Å². The number of ether oxygens (including phenoxy) is 4. The molecule has 0 aromatic heterocycles. The number of ketones is 1. The molecule has 1 heterocycles. The lowest BCUT2D eigenvalue weighted by molar-refractivity contribution is -0.135. The first-order valence-corrected chi connectivity index (χ1v) is 11.9. The molecule has 9 nitrogen and oxygen atoms in total. The zero-order chi connectivity index (χ0) is 25.7. The van der Waals surface area contributed by atoms with E-state index in [1.807, 2.05) is 0 Å². The van der Waals surface area contributed by atoms with Crippen molar-refractivity contribution in [2.75, 3.05) is 6.61 Å². The van der Waals surface area contributed by atoms with E-state index in [-0.39, 0.29) is 35.7 Å². The standard InChI is InChI=1S/C27H28O9/c1-16(28)22(29)14-17-6-2-3-7-20(17)25(30)34-18-10-12-19(13-11-18)35-26(31)21-8-4-5-9-23(21)36-27(32)24-15-33-24/h2-9,16,18-19,24,28H,10-15H2,1H3. The number of carbonyl (C=O) groups excluding carboxylic acids is 4. The molecule has 0 radical (unpaired) electrons. The second kappa shape index (κ2) is 11.5. The molecule has 2 atom stereocenters. The first-order valence-electron chi connectivity index (χ1n) is 11.9. The molecule has 2 fully saturated rings. The predicted molar refractivity (Wildman–Crippen MR) is 126 cm³/mol. The highest BCUT2D eigenvalue weighted by molar-refractivity contribution is 5.95. The number of carbonyl (C=O) groups is 4. The number of aliphatic hydroxyl groups excluding tert-OH is 1. The molecular weight excluding hydrogens is 468 g/mol. The van der Waals surface area contributed by atoms with Crippen LogP contribution < -0.4 is 4.74 Å². The van der Waals surface area contributed by atoms with Gasteiger partial charge in [-0.25, -0.2) is 14.4 Å². The lowest BCUT2D eigenvalue weighted by Gasteiger charge is -2.28. The minimum Gasteiger partial charge on any atom is -0.459 e. The van der Waals surface area contributed by atoms with Crippen LogP contribution in [0.3, 0.4) is 0 Å².